The fourth-order valence-electron chi connectivity index (χ4n) is 14.8. The molecule has 0 aromatic carbocycles. The number of hydrogen-bond acceptors (Lipinski definition) is 5. The van der Waals surface area contributed by atoms with Crippen LogP contribution in [0.3, 0.4) is 0 Å². The molecule has 0 saturated carbocycles. The number of allylic oxidation sites excluding steroid dienone is 1. The van der Waals surface area contributed by atoms with Crippen LogP contribution in [0.25, 0.3) is 0 Å². The smallest absolute Gasteiger partial charge is 0.305 e. The molecule has 0 saturated heterocycles. The van der Waals surface area contributed by atoms with Gasteiger partial charge < -0.3 is 20.3 Å². The minimum atomic E-state index is -0.841. The predicted molar refractivity (Wildman–Crippen MR) is 426 cm³/mol. The van der Waals surface area contributed by atoms with Gasteiger partial charge in [-0.3, -0.25) is 9.59 Å². The molecule has 6 heteroatoms. The third-order valence-corrected chi connectivity index (χ3v) is 21.6. The number of nitrogens with one attached hydrogen (secondary N) is 1. The topological polar surface area (TPSA) is 95.9 Å². The molecule has 0 radical (unpaired) electrons. The van der Waals surface area contributed by atoms with Gasteiger partial charge in [-0.05, 0) is 32.1 Å². The minimum Gasteiger partial charge on any atom is -0.466 e. The van der Waals surface area contributed by atoms with Crippen LogP contribution >= 0.6 is 0 Å². The second kappa shape index (κ2) is 86.0. The van der Waals surface area contributed by atoms with Gasteiger partial charge in [0.25, 0.3) is 0 Å². The number of carbonyl (C=O) groups is 2. The number of carbonyl (C=O) groups excluding carboxylic acids is 2. The second-order valence-electron chi connectivity index (χ2n) is 31.3. The molecule has 1 amide bonds. The lowest BCUT2D eigenvalue weighted by Gasteiger charge is -2.20. The molecule has 0 spiro atoms. The number of esters is 1. The Bertz CT molecular complexity index is 1470. The molecule has 96 heavy (non-hydrogen) atoms. The Balaban J connectivity index is 3.30. The quantitative estimate of drug-likeness (QED) is 0.0320. The van der Waals surface area contributed by atoms with Crippen molar-refractivity contribution < 1.29 is 24.5 Å². The Morgan fingerprint density at radius 3 is 0.708 bits per heavy atom. The van der Waals surface area contributed by atoms with Gasteiger partial charge in [0.2, 0.25) is 5.91 Å². The summed E-state index contributed by atoms with van der Waals surface area (Å²) in [7, 11) is 0. The number of amides is 1. The first kappa shape index (κ1) is 94.6. The van der Waals surface area contributed by atoms with E-state index in [0.717, 1.165) is 38.5 Å². The number of hydrogen-bond donors (Lipinski definition) is 3. The number of ether oxygens (including phenoxy) is 1. The van der Waals surface area contributed by atoms with Gasteiger partial charge in [-0.1, -0.05) is 495 Å². The molecule has 572 valence electrons. The van der Waals surface area contributed by atoms with Crippen molar-refractivity contribution >= 4 is 11.9 Å². The first-order chi connectivity index (χ1) is 47.5. The van der Waals surface area contributed by atoms with E-state index in [4.69, 9.17) is 4.74 Å². The van der Waals surface area contributed by atoms with Crippen molar-refractivity contribution in [3.05, 3.63) is 12.2 Å². The Hall–Kier alpha value is -1.40. The molecule has 0 aliphatic rings. The summed E-state index contributed by atoms with van der Waals surface area (Å²) in [5.41, 5.74) is 0. The second-order valence-corrected chi connectivity index (χ2v) is 31.3. The van der Waals surface area contributed by atoms with Gasteiger partial charge in [-0.2, -0.15) is 0 Å². The van der Waals surface area contributed by atoms with Crippen molar-refractivity contribution in [1.82, 2.24) is 5.32 Å². The first-order valence-electron chi connectivity index (χ1n) is 45.0. The van der Waals surface area contributed by atoms with Gasteiger partial charge in [0, 0.05) is 12.8 Å². The van der Waals surface area contributed by atoms with E-state index >= 15 is 0 Å². The summed E-state index contributed by atoms with van der Waals surface area (Å²) in [4.78, 5) is 24.7. The average Bonchev–Trinajstić information content (AvgIpc) is 3.00. The normalized spacial score (nSPS) is 12.4. The molecule has 0 heterocycles. The lowest BCUT2D eigenvalue weighted by molar-refractivity contribution is -0.143. The van der Waals surface area contributed by atoms with Crippen LogP contribution in [0.4, 0.5) is 0 Å². The summed E-state index contributed by atoms with van der Waals surface area (Å²) < 4.78 is 5.52. The zero-order valence-electron chi connectivity index (χ0n) is 65.9. The highest BCUT2D eigenvalue weighted by molar-refractivity contribution is 5.76. The van der Waals surface area contributed by atoms with Gasteiger partial charge in [0.05, 0.1) is 25.4 Å². The Morgan fingerprint density at radius 2 is 0.479 bits per heavy atom. The molecule has 2 unspecified atom stereocenters. The highest BCUT2D eigenvalue weighted by Crippen LogP contribution is 2.22. The maximum absolute atomic E-state index is 12.6. The van der Waals surface area contributed by atoms with Crippen LogP contribution in [0.5, 0.6) is 0 Å². The van der Waals surface area contributed by atoms with Crippen molar-refractivity contribution in [2.24, 2.45) is 0 Å². The number of aliphatic hydroxyl groups excluding tert-OH is 2. The molecule has 0 aliphatic carbocycles. The largest absolute Gasteiger partial charge is 0.466 e. The SMILES string of the molecule is CCCCCCCCCCCCCCCCCCCCCCC/C=C/C(O)C(CO)NC(=O)CCCCCCCCCCCCCCCCCCCCCCCCCCCCCCCCCCCCCCCCCOC(=O)CCCCCCCCCCCCCCCCCCC. The van der Waals surface area contributed by atoms with Crippen LogP contribution in [0.15, 0.2) is 12.2 Å². The number of aliphatic hydroxyl groups is 2. The van der Waals surface area contributed by atoms with E-state index in [2.05, 4.69) is 19.2 Å². The Morgan fingerprint density at radius 1 is 0.281 bits per heavy atom. The molecule has 0 fully saturated rings. The van der Waals surface area contributed by atoms with Crippen LogP contribution in [0.2, 0.25) is 0 Å². The van der Waals surface area contributed by atoms with Gasteiger partial charge in [0.1, 0.15) is 0 Å². The van der Waals surface area contributed by atoms with E-state index in [1.54, 1.807) is 6.08 Å². The zero-order chi connectivity index (χ0) is 69.1. The van der Waals surface area contributed by atoms with E-state index in [1.807, 2.05) is 6.08 Å². The standard InChI is InChI=1S/C90H177NO5/c1-3-5-7-9-11-13-15-17-19-21-22-23-41-44-47-51-54-58-62-66-70-74-78-82-88(93)87(86-92)91-89(94)83-79-75-71-67-63-59-55-52-48-45-42-39-37-35-33-31-29-27-25-24-26-28-30-32-34-36-38-40-43-46-49-53-57-61-65-69-73-77-81-85-96-90(95)84-80-76-72-68-64-60-56-50-20-18-16-14-12-10-8-6-4-2/h78,82,87-88,92-93H,3-77,79-81,83-86H2,1-2H3,(H,91,94)/b82-78+. The van der Waals surface area contributed by atoms with E-state index in [-0.39, 0.29) is 18.5 Å². The summed E-state index contributed by atoms with van der Waals surface area (Å²) in [5.74, 6) is -0.0263. The molecule has 6 nitrogen and oxygen atoms in total. The summed E-state index contributed by atoms with van der Waals surface area (Å²) >= 11 is 0. The monoisotopic (exact) mass is 1350 g/mol. The minimum absolute atomic E-state index is 0.0294. The van der Waals surface area contributed by atoms with Crippen LogP contribution in [0, 0.1) is 0 Å². The van der Waals surface area contributed by atoms with Gasteiger partial charge in [-0.25, -0.2) is 0 Å². The van der Waals surface area contributed by atoms with Crippen molar-refractivity contribution in [2.75, 3.05) is 13.2 Å². The molecular weight excluding hydrogens is 1170 g/mol. The summed E-state index contributed by atoms with van der Waals surface area (Å²) in [6.45, 7) is 4.98. The van der Waals surface area contributed by atoms with Crippen LogP contribution in [-0.4, -0.2) is 47.4 Å². The fourth-order valence-corrected chi connectivity index (χ4v) is 14.8. The number of unbranched alkanes of at least 4 members (excludes halogenated alkanes) is 75. The Kier molecular flexibility index (Phi) is 84.8. The molecule has 0 aromatic heterocycles. The summed E-state index contributed by atoms with van der Waals surface area (Å²) in [6, 6.07) is -0.624. The van der Waals surface area contributed by atoms with E-state index in [1.165, 1.54) is 462 Å². The van der Waals surface area contributed by atoms with Crippen molar-refractivity contribution in [3.8, 4) is 0 Å². The van der Waals surface area contributed by atoms with E-state index in [9.17, 15) is 19.8 Å². The number of rotatable bonds is 86. The van der Waals surface area contributed by atoms with E-state index < -0.39 is 12.1 Å². The third-order valence-electron chi connectivity index (χ3n) is 21.6. The molecule has 0 aromatic rings. The van der Waals surface area contributed by atoms with E-state index in [0.29, 0.717) is 19.4 Å². The average molecular weight is 1350 g/mol. The fraction of sp³-hybridized carbons (Fsp3) is 0.956. The highest BCUT2D eigenvalue weighted by Gasteiger charge is 2.18. The van der Waals surface area contributed by atoms with Crippen LogP contribution in [-0.2, 0) is 14.3 Å². The maximum Gasteiger partial charge on any atom is 0.305 e. The zero-order valence-corrected chi connectivity index (χ0v) is 65.9. The lowest BCUT2D eigenvalue weighted by atomic mass is 10.0. The van der Waals surface area contributed by atoms with Gasteiger partial charge >= 0.3 is 5.97 Å². The molecule has 0 rings (SSSR count). The van der Waals surface area contributed by atoms with Gasteiger partial charge in [-0.15, -0.1) is 0 Å². The third kappa shape index (κ3) is 81.6. The van der Waals surface area contributed by atoms with Gasteiger partial charge in [0.15, 0.2) is 0 Å². The predicted octanol–water partition coefficient (Wildman–Crippen LogP) is 30.2. The van der Waals surface area contributed by atoms with Crippen LogP contribution in [0.1, 0.15) is 528 Å². The van der Waals surface area contributed by atoms with Crippen molar-refractivity contribution in [1.29, 1.82) is 0 Å². The summed E-state index contributed by atoms with van der Waals surface area (Å²) in [6.07, 6.45) is 111. The highest BCUT2D eigenvalue weighted by atomic mass is 16.5. The van der Waals surface area contributed by atoms with Crippen molar-refractivity contribution in [2.45, 2.75) is 540 Å². The molecule has 3 N–H and O–H groups in total. The Labute approximate surface area is 603 Å². The molecule has 0 aliphatic heterocycles. The molecule has 2 atom stereocenters. The van der Waals surface area contributed by atoms with Crippen molar-refractivity contribution in [3.63, 3.8) is 0 Å². The van der Waals surface area contributed by atoms with Crippen LogP contribution < -0.4 is 5.32 Å². The lowest BCUT2D eigenvalue weighted by Crippen LogP contribution is -2.45. The molecule has 0 bridgehead atoms. The summed E-state index contributed by atoms with van der Waals surface area (Å²) in [5, 5.41) is 23.3. The maximum atomic E-state index is 12.6. The first-order valence-corrected chi connectivity index (χ1v) is 45.0. The molecular formula is C90H177NO5.